The number of fused-ring (bicyclic) bond motifs is 8. The van der Waals surface area contributed by atoms with Crippen LogP contribution >= 0.6 is 45.2 Å². The van der Waals surface area contributed by atoms with Crippen molar-refractivity contribution >= 4 is 45.2 Å². The van der Waals surface area contributed by atoms with E-state index in [9.17, 15) is 10.2 Å². The lowest BCUT2D eigenvalue weighted by atomic mass is 9.82. The van der Waals surface area contributed by atoms with Crippen molar-refractivity contribution in [1.29, 1.82) is 0 Å². The number of rotatable bonds is 2. The van der Waals surface area contributed by atoms with Crippen LogP contribution in [0.5, 0.6) is 17.2 Å². The van der Waals surface area contributed by atoms with E-state index in [1.807, 2.05) is 30.3 Å². The first-order chi connectivity index (χ1) is 17.4. The first kappa shape index (κ1) is 25.6. The molecule has 0 amide bonds. The molecular formula is C30H28I2O4. The highest BCUT2D eigenvalue weighted by Gasteiger charge is 2.28. The number of ether oxygens (including phenoxy) is 2. The number of allylic oxidation sites excluding steroid dienone is 2. The summed E-state index contributed by atoms with van der Waals surface area (Å²) < 4.78 is 14.1. The Hall–Kier alpha value is -2.04. The molecule has 0 saturated carbocycles. The number of aromatic hydroxyl groups is 2. The van der Waals surface area contributed by atoms with Crippen LogP contribution in [-0.2, 0) is 30.4 Å². The molecule has 2 aliphatic rings. The molecule has 0 saturated heterocycles. The van der Waals surface area contributed by atoms with Gasteiger partial charge in [0.25, 0.3) is 0 Å². The molecule has 2 aliphatic carbocycles. The van der Waals surface area contributed by atoms with E-state index >= 15 is 0 Å². The molecule has 0 radical (unpaired) electrons. The van der Waals surface area contributed by atoms with Gasteiger partial charge in [-0.3, -0.25) is 0 Å². The van der Waals surface area contributed by atoms with Gasteiger partial charge in [-0.2, -0.15) is 0 Å². The Balaban J connectivity index is 1.72. The molecule has 0 unspecified atom stereocenters. The summed E-state index contributed by atoms with van der Waals surface area (Å²) in [7, 11) is 3.42. The summed E-state index contributed by atoms with van der Waals surface area (Å²) in [6.07, 6.45) is 8.54. The fourth-order valence-electron chi connectivity index (χ4n) is 5.51. The SMILES string of the molecule is COc1c2cccc1Cc1cc(I)cc(c1O)C[C@@H]1C=CC=C(Cc3cc(I)cc(c3O)C2)[C@@H]1OC. The van der Waals surface area contributed by atoms with Gasteiger partial charge in [0.2, 0.25) is 0 Å². The monoisotopic (exact) mass is 706 g/mol. The summed E-state index contributed by atoms with van der Waals surface area (Å²) in [5, 5.41) is 22.7. The predicted molar refractivity (Wildman–Crippen MR) is 159 cm³/mol. The van der Waals surface area contributed by atoms with Crippen LogP contribution in [0.25, 0.3) is 0 Å². The van der Waals surface area contributed by atoms with E-state index in [1.165, 1.54) is 0 Å². The minimum absolute atomic E-state index is 0.0714. The number of halogens is 2. The maximum atomic E-state index is 11.3. The molecule has 0 fully saturated rings. The number of para-hydroxylation sites is 1. The van der Waals surface area contributed by atoms with Gasteiger partial charge in [-0.25, -0.2) is 0 Å². The Labute approximate surface area is 239 Å². The number of benzene rings is 3. The Morgan fingerprint density at radius 1 is 0.778 bits per heavy atom. The molecule has 36 heavy (non-hydrogen) atoms. The van der Waals surface area contributed by atoms with Crippen molar-refractivity contribution in [3.63, 3.8) is 0 Å². The molecule has 3 aromatic carbocycles. The largest absolute Gasteiger partial charge is 0.507 e. The smallest absolute Gasteiger partial charge is 0.125 e. The molecule has 2 atom stereocenters. The Morgan fingerprint density at radius 2 is 1.33 bits per heavy atom. The van der Waals surface area contributed by atoms with Gasteiger partial charge in [-0.1, -0.05) is 36.4 Å². The van der Waals surface area contributed by atoms with Gasteiger partial charge in [0.15, 0.2) is 0 Å². The summed E-state index contributed by atoms with van der Waals surface area (Å²) in [5.41, 5.74) is 6.68. The van der Waals surface area contributed by atoms with Crippen molar-refractivity contribution in [3.05, 3.63) is 107 Å². The zero-order valence-electron chi connectivity index (χ0n) is 20.2. The lowest BCUT2D eigenvalue weighted by Gasteiger charge is -2.30. The molecule has 0 aromatic heterocycles. The zero-order valence-corrected chi connectivity index (χ0v) is 24.5. The van der Waals surface area contributed by atoms with E-state index in [2.05, 4.69) is 75.5 Å². The van der Waals surface area contributed by atoms with Crippen LogP contribution in [-0.4, -0.2) is 30.5 Å². The topological polar surface area (TPSA) is 58.9 Å². The molecule has 0 heterocycles. The molecule has 8 bridgehead atoms. The second kappa shape index (κ2) is 10.8. The van der Waals surface area contributed by atoms with Gasteiger partial charge in [0, 0.05) is 33.0 Å². The van der Waals surface area contributed by atoms with Crippen molar-refractivity contribution in [2.45, 2.75) is 31.8 Å². The minimum atomic E-state index is -0.142. The summed E-state index contributed by atoms with van der Waals surface area (Å²) in [6, 6.07) is 14.3. The lowest BCUT2D eigenvalue weighted by molar-refractivity contribution is 0.0938. The van der Waals surface area contributed by atoms with Gasteiger partial charge < -0.3 is 19.7 Å². The van der Waals surface area contributed by atoms with Gasteiger partial charge in [0.05, 0.1) is 13.2 Å². The number of phenols is 2. The highest BCUT2D eigenvalue weighted by molar-refractivity contribution is 14.1. The van der Waals surface area contributed by atoms with Crippen molar-refractivity contribution in [2.75, 3.05) is 14.2 Å². The van der Waals surface area contributed by atoms with Gasteiger partial charge >= 0.3 is 0 Å². The Bertz CT molecular complexity index is 1380. The molecule has 6 heteroatoms. The highest BCUT2D eigenvalue weighted by Crippen LogP contribution is 2.39. The molecule has 3 aromatic rings. The first-order valence-electron chi connectivity index (χ1n) is 11.9. The maximum absolute atomic E-state index is 11.3. The van der Waals surface area contributed by atoms with Crippen molar-refractivity contribution in [1.82, 2.24) is 0 Å². The van der Waals surface area contributed by atoms with Crippen LogP contribution in [0.4, 0.5) is 0 Å². The van der Waals surface area contributed by atoms with Crippen molar-refractivity contribution < 1.29 is 19.7 Å². The minimum Gasteiger partial charge on any atom is -0.507 e. The van der Waals surface area contributed by atoms with Crippen LogP contribution in [0.1, 0.15) is 33.4 Å². The van der Waals surface area contributed by atoms with Crippen molar-refractivity contribution in [2.24, 2.45) is 5.92 Å². The van der Waals surface area contributed by atoms with Gasteiger partial charge in [-0.15, -0.1) is 0 Å². The Morgan fingerprint density at radius 3 is 1.92 bits per heavy atom. The van der Waals surface area contributed by atoms with Gasteiger partial charge in [0.1, 0.15) is 17.2 Å². The fourth-order valence-corrected chi connectivity index (χ4v) is 7.01. The number of methoxy groups -OCH3 is 2. The molecule has 5 rings (SSSR count). The van der Waals surface area contributed by atoms with Crippen LogP contribution in [0.3, 0.4) is 0 Å². The number of phenolic OH excluding ortho intramolecular Hbond substituents is 2. The molecule has 0 spiro atoms. The summed E-state index contributed by atoms with van der Waals surface area (Å²) in [4.78, 5) is 0. The lowest BCUT2D eigenvalue weighted by Crippen LogP contribution is -2.28. The fraction of sp³-hybridized carbons (Fsp3) is 0.267. The van der Waals surface area contributed by atoms with Crippen LogP contribution in [0, 0.1) is 13.1 Å². The second-order valence-corrected chi connectivity index (χ2v) is 11.9. The van der Waals surface area contributed by atoms with E-state index in [1.54, 1.807) is 14.2 Å². The Kier molecular flexibility index (Phi) is 7.65. The summed E-state index contributed by atoms with van der Waals surface area (Å²) >= 11 is 4.65. The number of hydrogen-bond acceptors (Lipinski definition) is 4. The number of hydrogen-bond donors (Lipinski definition) is 2. The molecule has 186 valence electrons. The first-order valence-corrected chi connectivity index (χ1v) is 14.1. The van der Waals surface area contributed by atoms with Crippen LogP contribution in [0.15, 0.2) is 66.3 Å². The third kappa shape index (κ3) is 5.04. The highest BCUT2D eigenvalue weighted by atomic mass is 127. The van der Waals surface area contributed by atoms with Crippen molar-refractivity contribution in [3.8, 4) is 17.2 Å². The van der Waals surface area contributed by atoms with Crippen LogP contribution in [0.2, 0.25) is 0 Å². The van der Waals surface area contributed by atoms with E-state index in [4.69, 9.17) is 9.47 Å². The predicted octanol–water partition coefficient (Wildman–Crippen LogP) is 6.72. The van der Waals surface area contributed by atoms with E-state index in [0.29, 0.717) is 37.2 Å². The molecule has 4 nitrogen and oxygen atoms in total. The quantitative estimate of drug-likeness (QED) is 0.291. The normalized spacial score (nSPS) is 19.1. The summed E-state index contributed by atoms with van der Waals surface area (Å²) in [6.45, 7) is 0. The average Bonchev–Trinajstić information content (AvgIpc) is 2.84. The van der Waals surface area contributed by atoms with E-state index in [0.717, 1.165) is 51.8 Å². The molecular weight excluding hydrogens is 678 g/mol. The third-order valence-electron chi connectivity index (χ3n) is 7.14. The zero-order chi connectivity index (χ0) is 25.4. The molecule has 2 N–H and O–H groups in total. The van der Waals surface area contributed by atoms with E-state index in [-0.39, 0.29) is 12.0 Å². The maximum Gasteiger partial charge on any atom is 0.125 e. The average molecular weight is 706 g/mol. The standard InChI is InChI=1S/C30H28I2O4/c1-35-29-17-5-3-6-18(29)10-22-14-26(32)16-24(28(22)34)12-20-8-4-7-19(30(20)36-2)11-23-15-25(31)13-21(9-17)27(23)33/h3-8,13-17,29,33-34H,9-12H2,1-2H3/t17-,29+/m0/s1. The van der Waals surface area contributed by atoms with Gasteiger partial charge in [-0.05, 0) is 121 Å². The molecule has 0 aliphatic heterocycles. The summed E-state index contributed by atoms with van der Waals surface area (Å²) in [5.74, 6) is 1.54. The van der Waals surface area contributed by atoms with E-state index < -0.39 is 0 Å². The third-order valence-corrected chi connectivity index (χ3v) is 8.38. The second-order valence-electron chi connectivity index (χ2n) is 9.44. The van der Waals surface area contributed by atoms with Crippen LogP contribution < -0.4 is 4.74 Å².